The second kappa shape index (κ2) is 7.80. The normalized spacial score (nSPS) is 13.3. The molecule has 1 aromatic heterocycles. The van der Waals surface area contributed by atoms with Crippen LogP contribution in [0.2, 0.25) is 0 Å². The molecular weight excluding hydrogens is 354 g/mol. The largest absolute Gasteiger partial charge is 0.471 e. The van der Waals surface area contributed by atoms with Gasteiger partial charge in [-0.2, -0.15) is 5.26 Å². The molecule has 0 spiro atoms. The minimum atomic E-state index is -0.119. The molecule has 0 bridgehead atoms. The Morgan fingerprint density at radius 3 is 2.50 bits per heavy atom. The molecule has 4 rings (SSSR count). The third-order valence-corrected chi connectivity index (χ3v) is 4.38. The minimum Gasteiger partial charge on any atom is -0.471 e. The third-order valence-electron chi connectivity index (χ3n) is 4.38. The summed E-state index contributed by atoms with van der Waals surface area (Å²) < 4.78 is 11.6. The van der Waals surface area contributed by atoms with Crippen molar-refractivity contribution in [3.05, 3.63) is 84.1 Å². The van der Waals surface area contributed by atoms with Crippen molar-refractivity contribution in [3.63, 3.8) is 0 Å². The fourth-order valence-electron chi connectivity index (χ4n) is 2.88. The van der Waals surface area contributed by atoms with E-state index in [0.717, 1.165) is 0 Å². The lowest BCUT2D eigenvalue weighted by Gasteiger charge is -2.38. The van der Waals surface area contributed by atoms with E-state index < -0.39 is 0 Å². The molecule has 0 radical (unpaired) electrons. The third kappa shape index (κ3) is 3.79. The first-order valence-corrected chi connectivity index (χ1v) is 8.87. The van der Waals surface area contributed by atoms with Crippen molar-refractivity contribution >= 4 is 5.91 Å². The van der Waals surface area contributed by atoms with Gasteiger partial charge in [0, 0.05) is 12.3 Å². The molecule has 1 saturated heterocycles. The average molecular weight is 371 g/mol. The standard InChI is InChI=1S/C22H17N3O3/c23-12-16-10-11-21(24-13-16)28-18-14-25(15-18)22(26)19-8-4-5-9-20(19)27-17-6-2-1-3-7-17/h1-11,13,18H,14-15H2. The summed E-state index contributed by atoms with van der Waals surface area (Å²) >= 11 is 0. The Morgan fingerprint density at radius 2 is 1.79 bits per heavy atom. The molecular formula is C22H17N3O3. The highest BCUT2D eigenvalue weighted by Crippen LogP contribution is 2.28. The fraction of sp³-hybridized carbons (Fsp3) is 0.136. The highest BCUT2D eigenvalue weighted by molar-refractivity contribution is 5.97. The number of likely N-dealkylation sites (tertiary alicyclic amines) is 1. The number of nitriles is 1. The van der Waals surface area contributed by atoms with Crippen molar-refractivity contribution in [2.45, 2.75) is 6.10 Å². The highest BCUT2D eigenvalue weighted by Gasteiger charge is 2.34. The van der Waals surface area contributed by atoms with Gasteiger partial charge in [0.1, 0.15) is 23.7 Å². The smallest absolute Gasteiger partial charge is 0.257 e. The monoisotopic (exact) mass is 371 g/mol. The molecule has 6 heteroatoms. The van der Waals surface area contributed by atoms with E-state index in [0.29, 0.717) is 41.6 Å². The van der Waals surface area contributed by atoms with E-state index in [1.807, 2.05) is 48.5 Å². The second-order valence-electron chi connectivity index (χ2n) is 6.36. The van der Waals surface area contributed by atoms with Crippen LogP contribution < -0.4 is 9.47 Å². The molecule has 0 unspecified atom stereocenters. The van der Waals surface area contributed by atoms with Gasteiger partial charge in [0.25, 0.3) is 5.91 Å². The minimum absolute atomic E-state index is 0.0980. The molecule has 0 saturated carbocycles. The van der Waals surface area contributed by atoms with Crippen LogP contribution in [0.5, 0.6) is 17.4 Å². The van der Waals surface area contributed by atoms with Crippen LogP contribution in [0, 0.1) is 11.3 Å². The summed E-state index contributed by atoms with van der Waals surface area (Å²) in [6, 6.07) is 21.9. The van der Waals surface area contributed by atoms with E-state index >= 15 is 0 Å². The topological polar surface area (TPSA) is 75.5 Å². The molecule has 138 valence electrons. The van der Waals surface area contributed by atoms with Crippen molar-refractivity contribution in [2.75, 3.05) is 13.1 Å². The molecule has 3 aromatic rings. The lowest BCUT2D eigenvalue weighted by Crippen LogP contribution is -2.56. The van der Waals surface area contributed by atoms with E-state index in [9.17, 15) is 4.79 Å². The number of para-hydroxylation sites is 2. The van der Waals surface area contributed by atoms with Gasteiger partial charge >= 0.3 is 0 Å². The van der Waals surface area contributed by atoms with Crippen molar-refractivity contribution in [1.29, 1.82) is 5.26 Å². The van der Waals surface area contributed by atoms with Gasteiger partial charge in [-0.1, -0.05) is 30.3 Å². The van der Waals surface area contributed by atoms with Gasteiger partial charge in [0.05, 0.1) is 24.2 Å². The Bertz CT molecular complexity index is 1010. The van der Waals surface area contributed by atoms with Crippen LogP contribution >= 0.6 is 0 Å². The molecule has 2 heterocycles. The maximum absolute atomic E-state index is 12.9. The van der Waals surface area contributed by atoms with Crippen LogP contribution in [0.1, 0.15) is 15.9 Å². The highest BCUT2D eigenvalue weighted by atomic mass is 16.5. The summed E-state index contributed by atoms with van der Waals surface area (Å²) in [5.41, 5.74) is 0.995. The van der Waals surface area contributed by atoms with E-state index in [2.05, 4.69) is 4.98 Å². The number of ether oxygens (including phenoxy) is 2. The Hall–Kier alpha value is -3.85. The molecule has 0 atom stereocenters. The number of aromatic nitrogens is 1. The Labute approximate surface area is 162 Å². The SMILES string of the molecule is N#Cc1ccc(OC2CN(C(=O)c3ccccc3Oc3ccccc3)C2)nc1. The number of carbonyl (C=O) groups is 1. The van der Waals surface area contributed by atoms with Crippen LogP contribution in [-0.4, -0.2) is 35.0 Å². The van der Waals surface area contributed by atoms with Gasteiger partial charge < -0.3 is 14.4 Å². The van der Waals surface area contributed by atoms with Crippen LogP contribution in [0.3, 0.4) is 0 Å². The number of amides is 1. The van der Waals surface area contributed by atoms with Gasteiger partial charge in [-0.05, 0) is 30.3 Å². The molecule has 1 fully saturated rings. The van der Waals surface area contributed by atoms with Crippen LogP contribution in [-0.2, 0) is 0 Å². The van der Waals surface area contributed by atoms with Gasteiger partial charge in [-0.3, -0.25) is 4.79 Å². The van der Waals surface area contributed by atoms with Crippen molar-refractivity contribution in [3.8, 4) is 23.4 Å². The van der Waals surface area contributed by atoms with E-state index in [4.69, 9.17) is 14.7 Å². The maximum Gasteiger partial charge on any atom is 0.257 e. The van der Waals surface area contributed by atoms with E-state index in [1.165, 1.54) is 6.20 Å². The zero-order valence-corrected chi connectivity index (χ0v) is 15.0. The number of hydrogen-bond acceptors (Lipinski definition) is 5. The molecule has 6 nitrogen and oxygen atoms in total. The molecule has 0 aliphatic carbocycles. The first-order chi connectivity index (χ1) is 13.7. The molecule has 1 amide bonds. The number of hydrogen-bond donors (Lipinski definition) is 0. The Morgan fingerprint density at radius 1 is 1.04 bits per heavy atom. The quantitative estimate of drug-likeness (QED) is 0.684. The fourth-order valence-corrected chi connectivity index (χ4v) is 2.88. The average Bonchev–Trinajstić information content (AvgIpc) is 2.71. The summed E-state index contributed by atoms with van der Waals surface area (Å²) in [7, 11) is 0. The summed E-state index contributed by atoms with van der Waals surface area (Å²) in [6.07, 6.45) is 1.35. The van der Waals surface area contributed by atoms with Crippen molar-refractivity contribution in [2.24, 2.45) is 0 Å². The summed E-state index contributed by atoms with van der Waals surface area (Å²) in [5.74, 6) is 1.55. The summed E-state index contributed by atoms with van der Waals surface area (Å²) in [6.45, 7) is 0.945. The molecule has 28 heavy (non-hydrogen) atoms. The predicted molar refractivity (Wildman–Crippen MR) is 102 cm³/mol. The van der Waals surface area contributed by atoms with Gasteiger partial charge in [0.15, 0.2) is 0 Å². The zero-order chi connectivity index (χ0) is 19.3. The second-order valence-corrected chi connectivity index (χ2v) is 6.36. The number of nitrogens with zero attached hydrogens (tertiary/aromatic N) is 3. The first-order valence-electron chi connectivity index (χ1n) is 8.87. The van der Waals surface area contributed by atoms with E-state index in [-0.39, 0.29) is 12.0 Å². The Balaban J connectivity index is 1.39. The zero-order valence-electron chi connectivity index (χ0n) is 15.0. The summed E-state index contributed by atoms with van der Waals surface area (Å²) in [4.78, 5) is 18.7. The van der Waals surface area contributed by atoms with Crippen LogP contribution in [0.4, 0.5) is 0 Å². The van der Waals surface area contributed by atoms with Crippen LogP contribution in [0.25, 0.3) is 0 Å². The lowest BCUT2D eigenvalue weighted by atomic mass is 10.1. The van der Waals surface area contributed by atoms with Gasteiger partial charge in [-0.15, -0.1) is 0 Å². The number of carbonyl (C=O) groups excluding carboxylic acids is 1. The molecule has 1 aliphatic heterocycles. The first kappa shape index (κ1) is 17.6. The van der Waals surface area contributed by atoms with Crippen molar-refractivity contribution in [1.82, 2.24) is 9.88 Å². The molecule has 0 N–H and O–H groups in total. The number of rotatable bonds is 5. The number of benzene rings is 2. The van der Waals surface area contributed by atoms with Gasteiger partial charge in [-0.25, -0.2) is 4.98 Å². The Kier molecular flexibility index (Phi) is 4.89. The lowest BCUT2D eigenvalue weighted by molar-refractivity contribution is 0.0158. The number of pyridine rings is 1. The maximum atomic E-state index is 12.9. The van der Waals surface area contributed by atoms with Gasteiger partial charge in [0.2, 0.25) is 5.88 Å². The van der Waals surface area contributed by atoms with E-state index in [1.54, 1.807) is 29.2 Å². The molecule has 2 aromatic carbocycles. The van der Waals surface area contributed by atoms with Crippen LogP contribution in [0.15, 0.2) is 72.9 Å². The molecule has 1 aliphatic rings. The van der Waals surface area contributed by atoms with Crippen molar-refractivity contribution < 1.29 is 14.3 Å². The predicted octanol–water partition coefficient (Wildman–Crippen LogP) is 3.65. The summed E-state index contributed by atoms with van der Waals surface area (Å²) in [5, 5.41) is 8.80.